The Kier molecular flexibility index (Phi) is 4.70. The third kappa shape index (κ3) is 3.13. The summed E-state index contributed by atoms with van der Waals surface area (Å²) in [6.07, 6.45) is 0.0153. The first-order valence-corrected chi connectivity index (χ1v) is 6.20. The molecule has 0 heterocycles. The molecule has 1 atom stereocenters. The molecule has 0 amide bonds. The first kappa shape index (κ1) is 15.2. The molecule has 0 fully saturated rings. The number of methoxy groups -OCH3 is 1. The molecule has 0 saturated carbocycles. The van der Waals surface area contributed by atoms with Crippen molar-refractivity contribution in [3.05, 3.63) is 28.3 Å². The number of carboxylic acids is 1. The molecule has 0 aromatic heterocycles. The van der Waals surface area contributed by atoms with Gasteiger partial charge in [-0.15, -0.1) is 0 Å². The highest BCUT2D eigenvalue weighted by Gasteiger charge is 2.20. The van der Waals surface area contributed by atoms with E-state index in [1.165, 1.54) is 0 Å². The van der Waals surface area contributed by atoms with Crippen molar-refractivity contribution in [2.45, 2.75) is 34.1 Å². The van der Waals surface area contributed by atoms with Crippen LogP contribution in [-0.2, 0) is 4.79 Å². The maximum absolute atomic E-state index is 12.2. The molecule has 0 aliphatic carbocycles. The Hall–Kier alpha value is -1.84. The summed E-state index contributed by atoms with van der Waals surface area (Å²) < 4.78 is 5.31. The van der Waals surface area contributed by atoms with Gasteiger partial charge in [-0.25, -0.2) is 0 Å². The van der Waals surface area contributed by atoms with Gasteiger partial charge < -0.3 is 9.84 Å². The zero-order chi connectivity index (χ0) is 14.7. The van der Waals surface area contributed by atoms with E-state index < -0.39 is 11.9 Å². The predicted octanol–water partition coefficient (Wildman–Crippen LogP) is 2.91. The molecular formula is C15H20O4. The van der Waals surface area contributed by atoms with Crippen LogP contribution in [0.25, 0.3) is 0 Å². The number of benzene rings is 1. The summed E-state index contributed by atoms with van der Waals surface area (Å²) in [4.78, 5) is 23.0. The van der Waals surface area contributed by atoms with Crippen molar-refractivity contribution in [2.24, 2.45) is 5.92 Å². The second-order valence-corrected chi connectivity index (χ2v) is 4.89. The van der Waals surface area contributed by atoms with Crippen molar-refractivity contribution in [3.8, 4) is 5.75 Å². The van der Waals surface area contributed by atoms with Crippen LogP contribution in [0.2, 0.25) is 0 Å². The van der Waals surface area contributed by atoms with Crippen LogP contribution in [0.15, 0.2) is 6.07 Å². The number of ketones is 1. The predicted molar refractivity (Wildman–Crippen MR) is 73.0 cm³/mol. The Labute approximate surface area is 113 Å². The zero-order valence-corrected chi connectivity index (χ0v) is 12.0. The molecule has 1 N–H and O–H groups in total. The fourth-order valence-corrected chi connectivity index (χ4v) is 2.14. The van der Waals surface area contributed by atoms with E-state index in [1.54, 1.807) is 20.1 Å². The number of carbonyl (C=O) groups excluding carboxylic acids is 1. The van der Waals surface area contributed by atoms with Crippen molar-refractivity contribution in [1.82, 2.24) is 0 Å². The fraction of sp³-hybridized carbons (Fsp3) is 0.467. The largest absolute Gasteiger partial charge is 0.496 e. The van der Waals surface area contributed by atoms with E-state index in [1.807, 2.05) is 20.8 Å². The van der Waals surface area contributed by atoms with Crippen LogP contribution in [0, 0.1) is 26.7 Å². The minimum absolute atomic E-state index is 0.0153. The van der Waals surface area contributed by atoms with E-state index >= 15 is 0 Å². The molecule has 0 radical (unpaired) electrons. The summed E-state index contributed by atoms with van der Waals surface area (Å²) >= 11 is 0. The second-order valence-electron chi connectivity index (χ2n) is 4.89. The summed E-state index contributed by atoms with van der Waals surface area (Å²) in [6.45, 7) is 7.18. The highest BCUT2D eigenvalue weighted by Crippen LogP contribution is 2.29. The normalized spacial score (nSPS) is 12.1. The first-order valence-electron chi connectivity index (χ1n) is 6.20. The smallest absolute Gasteiger partial charge is 0.306 e. The Morgan fingerprint density at radius 2 is 1.84 bits per heavy atom. The van der Waals surface area contributed by atoms with Gasteiger partial charge in [0.25, 0.3) is 0 Å². The SMILES string of the molecule is COc1c(C)cc(C(=O)CC(C)C(=O)O)c(C)c1C. The van der Waals surface area contributed by atoms with Gasteiger partial charge in [0.05, 0.1) is 13.0 Å². The molecule has 0 aliphatic heterocycles. The van der Waals surface area contributed by atoms with Crippen molar-refractivity contribution >= 4 is 11.8 Å². The minimum Gasteiger partial charge on any atom is -0.496 e. The highest BCUT2D eigenvalue weighted by molar-refractivity contribution is 5.99. The molecule has 1 rings (SSSR count). The molecule has 0 spiro atoms. The lowest BCUT2D eigenvalue weighted by Crippen LogP contribution is -2.16. The number of hydrogen-bond donors (Lipinski definition) is 1. The molecule has 4 nitrogen and oxygen atoms in total. The highest BCUT2D eigenvalue weighted by atomic mass is 16.5. The second kappa shape index (κ2) is 5.87. The Balaban J connectivity index is 3.15. The molecule has 0 saturated heterocycles. The summed E-state index contributed by atoms with van der Waals surface area (Å²) in [6, 6.07) is 1.78. The zero-order valence-electron chi connectivity index (χ0n) is 12.0. The van der Waals surface area contributed by atoms with Gasteiger partial charge in [0, 0.05) is 12.0 Å². The van der Waals surface area contributed by atoms with Crippen LogP contribution in [0.4, 0.5) is 0 Å². The molecule has 19 heavy (non-hydrogen) atoms. The number of ether oxygens (including phenoxy) is 1. The Bertz CT molecular complexity index is 517. The van der Waals surface area contributed by atoms with Crippen molar-refractivity contribution < 1.29 is 19.4 Å². The topological polar surface area (TPSA) is 63.6 Å². The van der Waals surface area contributed by atoms with E-state index in [9.17, 15) is 9.59 Å². The molecule has 0 bridgehead atoms. The van der Waals surface area contributed by atoms with Gasteiger partial charge in [-0.3, -0.25) is 9.59 Å². The van der Waals surface area contributed by atoms with Gasteiger partial charge >= 0.3 is 5.97 Å². The molecule has 104 valence electrons. The third-order valence-corrected chi connectivity index (χ3v) is 3.44. The van der Waals surface area contributed by atoms with E-state index in [4.69, 9.17) is 9.84 Å². The van der Waals surface area contributed by atoms with Crippen LogP contribution in [0.3, 0.4) is 0 Å². The summed E-state index contributed by atoms with van der Waals surface area (Å²) in [5, 5.41) is 8.87. The van der Waals surface area contributed by atoms with Crippen LogP contribution < -0.4 is 4.74 Å². The Morgan fingerprint density at radius 1 is 1.26 bits per heavy atom. The molecule has 0 aliphatic rings. The number of Topliss-reactive ketones (excluding diaryl/α,β-unsaturated/α-hetero) is 1. The van der Waals surface area contributed by atoms with Crippen LogP contribution in [-0.4, -0.2) is 24.0 Å². The maximum Gasteiger partial charge on any atom is 0.306 e. The van der Waals surface area contributed by atoms with Gasteiger partial charge in [0.2, 0.25) is 0 Å². The van der Waals surface area contributed by atoms with Crippen molar-refractivity contribution in [1.29, 1.82) is 0 Å². The monoisotopic (exact) mass is 264 g/mol. The lowest BCUT2D eigenvalue weighted by molar-refractivity contribution is -0.141. The number of hydrogen-bond acceptors (Lipinski definition) is 3. The summed E-state index contributed by atoms with van der Waals surface area (Å²) in [7, 11) is 1.60. The number of rotatable bonds is 5. The lowest BCUT2D eigenvalue weighted by Gasteiger charge is -2.15. The lowest BCUT2D eigenvalue weighted by atomic mass is 9.92. The fourth-order valence-electron chi connectivity index (χ4n) is 2.14. The van der Waals surface area contributed by atoms with Gasteiger partial charge in [-0.1, -0.05) is 6.92 Å². The standard InChI is InChI=1S/C15H20O4/c1-8-6-12(10(3)11(4)14(8)19-5)13(16)7-9(2)15(17)18/h6,9H,7H2,1-5H3,(H,17,18). The maximum atomic E-state index is 12.2. The number of aryl methyl sites for hydroxylation is 1. The molecule has 1 aromatic carbocycles. The van der Waals surface area contributed by atoms with E-state index in [0.29, 0.717) is 5.56 Å². The van der Waals surface area contributed by atoms with Crippen molar-refractivity contribution in [3.63, 3.8) is 0 Å². The van der Waals surface area contributed by atoms with Crippen LogP contribution in [0.1, 0.15) is 40.4 Å². The van der Waals surface area contributed by atoms with E-state index in [0.717, 1.165) is 22.4 Å². The molecule has 1 unspecified atom stereocenters. The van der Waals surface area contributed by atoms with E-state index in [-0.39, 0.29) is 12.2 Å². The van der Waals surface area contributed by atoms with Gasteiger partial charge in [0.15, 0.2) is 5.78 Å². The van der Waals surface area contributed by atoms with Crippen molar-refractivity contribution in [2.75, 3.05) is 7.11 Å². The first-order chi connectivity index (χ1) is 8.79. The average Bonchev–Trinajstić information content (AvgIpc) is 2.34. The molecule has 4 heteroatoms. The quantitative estimate of drug-likeness (QED) is 0.830. The third-order valence-electron chi connectivity index (χ3n) is 3.44. The average molecular weight is 264 g/mol. The Morgan fingerprint density at radius 3 is 2.32 bits per heavy atom. The van der Waals surface area contributed by atoms with Crippen LogP contribution in [0.5, 0.6) is 5.75 Å². The summed E-state index contributed by atoms with van der Waals surface area (Å²) in [5.74, 6) is -0.982. The number of carbonyl (C=O) groups is 2. The van der Waals surface area contributed by atoms with Gasteiger partial charge in [-0.05, 0) is 43.5 Å². The molecule has 1 aromatic rings. The van der Waals surface area contributed by atoms with E-state index in [2.05, 4.69) is 0 Å². The number of aliphatic carboxylic acids is 1. The van der Waals surface area contributed by atoms with Gasteiger partial charge in [0.1, 0.15) is 5.75 Å². The van der Waals surface area contributed by atoms with Crippen LogP contribution >= 0.6 is 0 Å². The summed E-state index contributed by atoms with van der Waals surface area (Å²) in [5.41, 5.74) is 3.25. The van der Waals surface area contributed by atoms with Gasteiger partial charge in [-0.2, -0.15) is 0 Å². The molecular weight excluding hydrogens is 244 g/mol. The minimum atomic E-state index is -0.951. The number of carboxylic acid groups (broad SMARTS) is 1.